The highest BCUT2D eigenvalue weighted by Gasteiger charge is 2.12. The van der Waals surface area contributed by atoms with E-state index in [0.29, 0.717) is 24.2 Å². The second-order valence-electron chi connectivity index (χ2n) is 6.39. The number of pyridine rings is 1. The quantitative estimate of drug-likeness (QED) is 0.572. The Morgan fingerprint density at radius 2 is 1.96 bits per heavy atom. The molecule has 4 rings (SSSR count). The molecule has 0 aliphatic carbocycles. The Morgan fingerprint density at radius 1 is 1.11 bits per heavy atom. The number of rotatable bonds is 5. The molecule has 0 saturated carbocycles. The summed E-state index contributed by atoms with van der Waals surface area (Å²) in [6, 6.07) is 15.4. The number of carbonyl (C=O) groups excluding carboxylic acids is 1. The van der Waals surface area contributed by atoms with Crippen molar-refractivity contribution in [2.24, 2.45) is 0 Å². The molecule has 0 atom stereocenters. The number of hydrogen-bond acceptors (Lipinski definition) is 4. The van der Waals surface area contributed by atoms with Crippen LogP contribution >= 0.6 is 0 Å². The number of methoxy groups -OCH3 is 1. The zero-order valence-corrected chi connectivity index (χ0v) is 15.2. The van der Waals surface area contributed by atoms with Crippen LogP contribution < -0.4 is 10.1 Å². The van der Waals surface area contributed by atoms with Crippen molar-refractivity contribution < 1.29 is 9.53 Å². The number of nitrogens with zero attached hydrogens (tertiary/aromatic N) is 2. The third-order valence-electron chi connectivity index (χ3n) is 4.55. The molecule has 2 aromatic heterocycles. The highest BCUT2D eigenvalue weighted by Crippen LogP contribution is 2.21. The zero-order chi connectivity index (χ0) is 18.8. The minimum Gasteiger partial charge on any atom is -0.497 e. The van der Waals surface area contributed by atoms with Crippen molar-refractivity contribution in [3.63, 3.8) is 0 Å². The Balaban J connectivity index is 1.46. The highest BCUT2D eigenvalue weighted by molar-refractivity contribution is 5.98. The number of para-hydroxylation sites is 2. The normalized spacial score (nSPS) is 11.0. The monoisotopic (exact) mass is 360 g/mol. The number of H-pyrrole nitrogens is 1. The number of aromatic nitrogens is 3. The maximum atomic E-state index is 12.6. The average molecular weight is 360 g/mol. The van der Waals surface area contributed by atoms with Gasteiger partial charge in [-0.15, -0.1) is 0 Å². The van der Waals surface area contributed by atoms with Crippen LogP contribution in [0.2, 0.25) is 0 Å². The van der Waals surface area contributed by atoms with Crippen LogP contribution in [0.25, 0.3) is 21.9 Å². The maximum Gasteiger partial charge on any atom is 0.253 e. The summed E-state index contributed by atoms with van der Waals surface area (Å²) in [5, 5.41) is 3.86. The number of ether oxygens (including phenoxy) is 1. The predicted molar refractivity (Wildman–Crippen MR) is 105 cm³/mol. The molecule has 2 N–H and O–H groups in total. The molecule has 0 spiro atoms. The molecule has 27 heavy (non-hydrogen) atoms. The van der Waals surface area contributed by atoms with Crippen molar-refractivity contribution >= 4 is 27.8 Å². The predicted octanol–water partition coefficient (Wildman–Crippen LogP) is 3.40. The molecule has 4 aromatic rings. The Morgan fingerprint density at radius 3 is 2.78 bits per heavy atom. The summed E-state index contributed by atoms with van der Waals surface area (Å²) in [5.74, 6) is 1.48. The van der Waals surface area contributed by atoms with Crippen LogP contribution in [0.3, 0.4) is 0 Å². The van der Waals surface area contributed by atoms with Gasteiger partial charge in [-0.1, -0.05) is 12.1 Å². The molecular formula is C21H20N4O2. The summed E-state index contributed by atoms with van der Waals surface area (Å²) < 4.78 is 5.23. The molecule has 6 heteroatoms. The summed E-state index contributed by atoms with van der Waals surface area (Å²) in [5.41, 5.74) is 4.02. The molecule has 0 aliphatic rings. The number of aryl methyl sites for hydroxylation is 1. The fourth-order valence-corrected chi connectivity index (χ4v) is 3.11. The lowest BCUT2D eigenvalue weighted by Crippen LogP contribution is -2.26. The van der Waals surface area contributed by atoms with E-state index in [2.05, 4.69) is 20.3 Å². The zero-order valence-electron chi connectivity index (χ0n) is 15.2. The summed E-state index contributed by atoms with van der Waals surface area (Å²) >= 11 is 0. The molecule has 0 fully saturated rings. The van der Waals surface area contributed by atoms with Gasteiger partial charge >= 0.3 is 0 Å². The van der Waals surface area contributed by atoms with Crippen LogP contribution in [0.1, 0.15) is 21.9 Å². The molecule has 6 nitrogen and oxygen atoms in total. The van der Waals surface area contributed by atoms with Crippen molar-refractivity contribution in [2.75, 3.05) is 13.7 Å². The number of imidazole rings is 1. The molecule has 2 heterocycles. The van der Waals surface area contributed by atoms with Crippen molar-refractivity contribution in [3.8, 4) is 5.75 Å². The second-order valence-corrected chi connectivity index (χ2v) is 6.39. The minimum atomic E-state index is -0.131. The van der Waals surface area contributed by atoms with Crippen LogP contribution in [0, 0.1) is 6.92 Å². The third kappa shape index (κ3) is 3.46. The van der Waals surface area contributed by atoms with Gasteiger partial charge in [0.25, 0.3) is 5.91 Å². The van der Waals surface area contributed by atoms with Gasteiger partial charge in [-0.2, -0.15) is 0 Å². The maximum absolute atomic E-state index is 12.6. The molecule has 1 amide bonds. The molecular weight excluding hydrogens is 340 g/mol. The van der Waals surface area contributed by atoms with Gasteiger partial charge in [0.1, 0.15) is 11.6 Å². The smallest absolute Gasteiger partial charge is 0.253 e. The van der Waals surface area contributed by atoms with E-state index in [1.807, 2.05) is 55.5 Å². The SMILES string of the molecule is COc1ccc2cc(C(=O)NCCc3nc4ccccc4[nH]3)c(C)nc2c1. The van der Waals surface area contributed by atoms with Gasteiger partial charge in [0.2, 0.25) is 0 Å². The number of nitrogens with one attached hydrogen (secondary N) is 2. The lowest BCUT2D eigenvalue weighted by atomic mass is 10.1. The molecule has 2 aromatic carbocycles. The summed E-state index contributed by atoms with van der Waals surface area (Å²) in [4.78, 5) is 24.9. The Labute approximate surface area is 156 Å². The van der Waals surface area contributed by atoms with Gasteiger partial charge in [-0.25, -0.2) is 4.98 Å². The number of fused-ring (bicyclic) bond motifs is 2. The number of amides is 1. The van der Waals surface area contributed by atoms with E-state index in [4.69, 9.17) is 4.74 Å². The van der Waals surface area contributed by atoms with E-state index in [9.17, 15) is 4.79 Å². The van der Waals surface area contributed by atoms with Crippen LogP contribution in [-0.4, -0.2) is 34.5 Å². The van der Waals surface area contributed by atoms with E-state index in [0.717, 1.165) is 33.5 Å². The van der Waals surface area contributed by atoms with Crippen LogP contribution in [0.15, 0.2) is 48.5 Å². The number of carbonyl (C=O) groups is 1. The number of hydrogen-bond donors (Lipinski definition) is 2. The molecule has 136 valence electrons. The first kappa shape index (κ1) is 17.0. The fraction of sp³-hybridized carbons (Fsp3) is 0.190. The van der Waals surface area contributed by atoms with E-state index >= 15 is 0 Å². The van der Waals surface area contributed by atoms with Gasteiger partial charge in [0.05, 0.1) is 34.9 Å². The van der Waals surface area contributed by atoms with Crippen LogP contribution in [-0.2, 0) is 6.42 Å². The van der Waals surface area contributed by atoms with Gasteiger partial charge in [-0.05, 0) is 37.3 Å². The van der Waals surface area contributed by atoms with E-state index in [-0.39, 0.29) is 5.91 Å². The van der Waals surface area contributed by atoms with Gasteiger partial charge in [0, 0.05) is 24.4 Å². The lowest BCUT2D eigenvalue weighted by molar-refractivity contribution is 0.0953. The Kier molecular flexibility index (Phi) is 4.46. The summed E-state index contributed by atoms with van der Waals surface area (Å²) in [6.07, 6.45) is 0.637. The molecule has 0 saturated heterocycles. The standard InChI is InChI=1S/C21H20N4O2/c1-13-16(11-14-7-8-15(27-2)12-19(14)23-13)21(26)22-10-9-20-24-17-5-3-4-6-18(17)25-20/h3-8,11-12H,9-10H2,1-2H3,(H,22,26)(H,24,25). The minimum absolute atomic E-state index is 0.131. The first-order valence-electron chi connectivity index (χ1n) is 8.81. The Hall–Kier alpha value is -3.41. The van der Waals surface area contributed by atoms with Crippen molar-refractivity contribution in [1.29, 1.82) is 0 Å². The topological polar surface area (TPSA) is 79.9 Å². The van der Waals surface area contributed by atoms with E-state index < -0.39 is 0 Å². The van der Waals surface area contributed by atoms with Crippen molar-refractivity contribution in [2.45, 2.75) is 13.3 Å². The summed E-state index contributed by atoms with van der Waals surface area (Å²) in [7, 11) is 1.62. The fourth-order valence-electron chi connectivity index (χ4n) is 3.11. The first-order valence-corrected chi connectivity index (χ1v) is 8.81. The number of benzene rings is 2. The van der Waals surface area contributed by atoms with Gasteiger partial charge < -0.3 is 15.0 Å². The van der Waals surface area contributed by atoms with Crippen molar-refractivity contribution in [3.05, 3.63) is 65.6 Å². The molecule has 0 radical (unpaired) electrons. The number of aromatic amines is 1. The highest BCUT2D eigenvalue weighted by atomic mass is 16.5. The van der Waals surface area contributed by atoms with Crippen LogP contribution in [0.4, 0.5) is 0 Å². The van der Waals surface area contributed by atoms with Crippen molar-refractivity contribution in [1.82, 2.24) is 20.3 Å². The molecule has 0 bridgehead atoms. The average Bonchev–Trinajstić information content (AvgIpc) is 3.09. The summed E-state index contributed by atoms with van der Waals surface area (Å²) in [6.45, 7) is 2.34. The van der Waals surface area contributed by atoms with Gasteiger partial charge in [-0.3, -0.25) is 9.78 Å². The second kappa shape index (κ2) is 7.07. The first-order chi connectivity index (χ1) is 13.1. The van der Waals surface area contributed by atoms with Gasteiger partial charge in [0.15, 0.2) is 0 Å². The largest absolute Gasteiger partial charge is 0.497 e. The molecule has 0 aliphatic heterocycles. The van der Waals surface area contributed by atoms with E-state index in [1.54, 1.807) is 7.11 Å². The third-order valence-corrected chi connectivity index (χ3v) is 4.55. The van der Waals surface area contributed by atoms with Crippen LogP contribution in [0.5, 0.6) is 5.75 Å². The lowest BCUT2D eigenvalue weighted by Gasteiger charge is -2.09. The van der Waals surface area contributed by atoms with E-state index in [1.165, 1.54) is 0 Å². The Bertz CT molecular complexity index is 1100. The molecule has 0 unspecified atom stereocenters.